The SMILES string of the molecule is COc1ccc(CNC(=O)N2CCCSCC2CN(C)C)cc1OC. The summed E-state index contributed by atoms with van der Waals surface area (Å²) in [7, 11) is 7.33. The molecule has 0 bridgehead atoms. The fourth-order valence-corrected chi connectivity index (χ4v) is 4.00. The van der Waals surface area contributed by atoms with E-state index in [1.54, 1.807) is 14.2 Å². The predicted octanol–water partition coefficient (Wildman–Crippen LogP) is 2.28. The van der Waals surface area contributed by atoms with Crippen molar-refractivity contribution in [1.82, 2.24) is 15.1 Å². The Balaban J connectivity index is 1.99. The summed E-state index contributed by atoms with van der Waals surface area (Å²) in [5.41, 5.74) is 0.986. The number of methoxy groups -OCH3 is 2. The first-order valence-electron chi connectivity index (χ1n) is 8.53. The van der Waals surface area contributed by atoms with Crippen molar-refractivity contribution >= 4 is 17.8 Å². The number of thioether (sulfide) groups is 1. The van der Waals surface area contributed by atoms with E-state index in [4.69, 9.17) is 9.47 Å². The number of nitrogens with zero attached hydrogens (tertiary/aromatic N) is 2. The molecule has 1 heterocycles. The topological polar surface area (TPSA) is 54.0 Å². The van der Waals surface area contributed by atoms with Crippen LogP contribution in [0.3, 0.4) is 0 Å². The van der Waals surface area contributed by atoms with Crippen LogP contribution in [0.4, 0.5) is 4.79 Å². The lowest BCUT2D eigenvalue weighted by Gasteiger charge is -2.31. The summed E-state index contributed by atoms with van der Waals surface area (Å²) >= 11 is 1.93. The third-order valence-corrected chi connectivity index (χ3v) is 5.36. The summed E-state index contributed by atoms with van der Waals surface area (Å²) in [5, 5.41) is 3.05. The lowest BCUT2D eigenvalue weighted by atomic mass is 10.2. The van der Waals surface area contributed by atoms with Gasteiger partial charge < -0.3 is 24.6 Å². The van der Waals surface area contributed by atoms with Gasteiger partial charge in [-0.2, -0.15) is 11.8 Å². The Bertz CT molecular complexity index is 568. The molecule has 0 aromatic heterocycles. The fourth-order valence-electron chi connectivity index (χ4n) is 2.94. The van der Waals surface area contributed by atoms with Crippen molar-refractivity contribution in [2.24, 2.45) is 0 Å². The van der Waals surface area contributed by atoms with Crippen LogP contribution in [0.25, 0.3) is 0 Å². The number of rotatable bonds is 6. The van der Waals surface area contributed by atoms with Crippen LogP contribution in [0.2, 0.25) is 0 Å². The number of hydrogen-bond donors (Lipinski definition) is 1. The van der Waals surface area contributed by atoms with Crippen molar-refractivity contribution in [3.8, 4) is 11.5 Å². The van der Waals surface area contributed by atoms with E-state index in [9.17, 15) is 4.79 Å². The molecular weight excluding hydrogens is 338 g/mol. The van der Waals surface area contributed by atoms with Crippen LogP contribution in [0, 0.1) is 0 Å². The van der Waals surface area contributed by atoms with E-state index in [1.165, 1.54) is 0 Å². The largest absolute Gasteiger partial charge is 0.493 e. The summed E-state index contributed by atoms with van der Waals surface area (Å²) in [6.07, 6.45) is 1.04. The lowest BCUT2D eigenvalue weighted by Crippen LogP contribution is -2.50. The van der Waals surface area contributed by atoms with E-state index >= 15 is 0 Å². The highest BCUT2D eigenvalue weighted by Crippen LogP contribution is 2.27. The number of amides is 2. The molecule has 0 saturated carbocycles. The molecule has 1 aliphatic heterocycles. The Morgan fingerprint density at radius 1 is 1.32 bits per heavy atom. The number of likely N-dealkylation sites (N-methyl/N-ethyl adjacent to an activating group) is 1. The molecule has 7 heteroatoms. The van der Waals surface area contributed by atoms with Crippen molar-refractivity contribution in [3.63, 3.8) is 0 Å². The van der Waals surface area contributed by atoms with Gasteiger partial charge in [-0.3, -0.25) is 0 Å². The molecule has 1 fully saturated rings. The minimum absolute atomic E-state index is 0.00383. The van der Waals surface area contributed by atoms with Crippen LogP contribution in [0.1, 0.15) is 12.0 Å². The quantitative estimate of drug-likeness (QED) is 0.836. The summed E-state index contributed by atoms with van der Waals surface area (Å²) in [6, 6.07) is 5.95. The third kappa shape index (κ3) is 5.71. The highest BCUT2D eigenvalue weighted by Gasteiger charge is 2.26. The molecule has 1 saturated heterocycles. The summed E-state index contributed by atoms with van der Waals surface area (Å²) in [4.78, 5) is 16.9. The monoisotopic (exact) mass is 367 g/mol. The van der Waals surface area contributed by atoms with Gasteiger partial charge in [0.1, 0.15) is 0 Å². The van der Waals surface area contributed by atoms with Crippen molar-refractivity contribution < 1.29 is 14.3 Å². The number of urea groups is 1. The van der Waals surface area contributed by atoms with Gasteiger partial charge in [0.25, 0.3) is 0 Å². The molecule has 2 rings (SSSR count). The van der Waals surface area contributed by atoms with E-state index in [0.29, 0.717) is 18.0 Å². The molecule has 1 atom stereocenters. The number of carbonyl (C=O) groups is 1. The first kappa shape index (κ1) is 19.7. The van der Waals surface area contributed by atoms with E-state index in [0.717, 1.165) is 36.6 Å². The maximum absolute atomic E-state index is 12.7. The molecule has 6 nitrogen and oxygen atoms in total. The minimum Gasteiger partial charge on any atom is -0.493 e. The summed E-state index contributed by atoms with van der Waals surface area (Å²) in [5.74, 6) is 3.46. The van der Waals surface area contributed by atoms with Gasteiger partial charge in [-0.25, -0.2) is 4.79 Å². The normalized spacial score (nSPS) is 18.0. The Morgan fingerprint density at radius 2 is 2.08 bits per heavy atom. The second-order valence-corrected chi connectivity index (χ2v) is 7.54. The van der Waals surface area contributed by atoms with Crippen LogP contribution < -0.4 is 14.8 Å². The Hall–Kier alpha value is -1.60. The van der Waals surface area contributed by atoms with Gasteiger partial charge in [-0.15, -0.1) is 0 Å². The molecular formula is C18H29N3O3S. The Morgan fingerprint density at radius 3 is 2.76 bits per heavy atom. The number of hydrogen-bond acceptors (Lipinski definition) is 5. The fraction of sp³-hybridized carbons (Fsp3) is 0.611. The zero-order valence-corrected chi connectivity index (χ0v) is 16.4. The lowest BCUT2D eigenvalue weighted by molar-refractivity contribution is 0.168. The van der Waals surface area contributed by atoms with Crippen molar-refractivity contribution in [1.29, 1.82) is 0 Å². The average molecular weight is 368 g/mol. The standard InChI is InChI=1S/C18H29N3O3S/c1-20(2)12-15-13-25-9-5-8-21(15)18(22)19-11-14-6-7-16(23-3)17(10-14)24-4/h6-7,10,15H,5,8-9,11-13H2,1-4H3,(H,19,22). The summed E-state index contributed by atoms with van der Waals surface area (Å²) in [6.45, 7) is 2.16. The van der Waals surface area contributed by atoms with Gasteiger partial charge in [0.15, 0.2) is 11.5 Å². The molecule has 0 aliphatic carbocycles. The summed E-state index contributed by atoms with van der Waals surface area (Å²) < 4.78 is 10.6. The molecule has 2 amide bonds. The zero-order chi connectivity index (χ0) is 18.2. The highest BCUT2D eigenvalue weighted by atomic mass is 32.2. The second kappa shape index (κ2) is 9.77. The maximum Gasteiger partial charge on any atom is 0.317 e. The van der Waals surface area contributed by atoms with Gasteiger partial charge in [0.05, 0.1) is 20.3 Å². The second-order valence-electron chi connectivity index (χ2n) is 6.39. The van der Waals surface area contributed by atoms with Gasteiger partial charge in [0.2, 0.25) is 0 Å². The molecule has 0 radical (unpaired) electrons. The number of ether oxygens (including phenoxy) is 2. The van der Waals surface area contributed by atoms with E-state index in [1.807, 2.05) is 34.9 Å². The van der Waals surface area contributed by atoms with Crippen molar-refractivity contribution in [2.75, 3.05) is 52.9 Å². The van der Waals surface area contributed by atoms with Crippen LogP contribution in [-0.4, -0.2) is 74.8 Å². The molecule has 1 N–H and O–H groups in total. The van der Waals surface area contributed by atoms with E-state index in [2.05, 4.69) is 24.3 Å². The van der Waals surface area contributed by atoms with Crippen LogP contribution >= 0.6 is 11.8 Å². The molecule has 1 unspecified atom stereocenters. The average Bonchev–Trinajstić information content (AvgIpc) is 2.84. The smallest absolute Gasteiger partial charge is 0.317 e. The van der Waals surface area contributed by atoms with Gasteiger partial charge >= 0.3 is 6.03 Å². The van der Waals surface area contributed by atoms with Gasteiger partial charge in [-0.1, -0.05) is 6.07 Å². The molecule has 0 spiro atoms. The zero-order valence-electron chi connectivity index (χ0n) is 15.6. The van der Waals surface area contributed by atoms with Gasteiger partial charge in [0, 0.05) is 25.4 Å². The maximum atomic E-state index is 12.7. The number of carbonyl (C=O) groups excluding carboxylic acids is 1. The van der Waals surface area contributed by atoms with Crippen LogP contribution in [0.15, 0.2) is 18.2 Å². The van der Waals surface area contributed by atoms with Crippen LogP contribution in [-0.2, 0) is 6.54 Å². The first-order chi connectivity index (χ1) is 12.0. The molecule has 1 aliphatic rings. The number of benzene rings is 1. The number of nitrogens with one attached hydrogen (secondary N) is 1. The molecule has 1 aromatic rings. The highest BCUT2D eigenvalue weighted by molar-refractivity contribution is 7.99. The predicted molar refractivity (Wildman–Crippen MR) is 103 cm³/mol. The third-order valence-electron chi connectivity index (χ3n) is 4.17. The molecule has 1 aromatic carbocycles. The van der Waals surface area contributed by atoms with Crippen LogP contribution in [0.5, 0.6) is 11.5 Å². The van der Waals surface area contributed by atoms with E-state index < -0.39 is 0 Å². The van der Waals surface area contributed by atoms with E-state index in [-0.39, 0.29) is 12.1 Å². The van der Waals surface area contributed by atoms with Gasteiger partial charge in [-0.05, 0) is 44.0 Å². The van der Waals surface area contributed by atoms with Crippen molar-refractivity contribution in [2.45, 2.75) is 19.0 Å². The first-order valence-corrected chi connectivity index (χ1v) is 9.68. The molecule has 140 valence electrons. The van der Waals surface area contributed by atoms with Crippen molar-refractivity contribution in [3.05, 3.63) is 23.8 Å². The minimum atomic E-state index is 0.00383. The Labute approximate surface area is 154 Å². The molecule has 25 heavy (non-hydrogen) atoms. The Kier molecular flexibility index (Phi) is 7.71.